The fourth-order valence-corrected chi connectivity index (χ4v) is 4.96. The van der Waals surface area contributed by atoms with Gasteiger partial charge in [-0.15, -0.1) is 0 Å². The minimum atomic E-state index is -0.511. The first kappa shape index (κ1) is 23.8. The van der Waals surface area contributed by atoms with E-state index in [0.29, 0.717) is 44.9 Å². The summed E-state index contributed by atoms with van der Waals surface area (Å²) in [5.74, 6) is 0.853. The molecule has 3 aromatic heterocycles. The van der Waals surface area contributed by atoms with Crippen LogP contribution < -0.4 is 15.2 Å². The number of hydrogen-bond donors (Lipinski definition) is 0. The molecule has 36 heavy (non-hydrogen) atoms. The highest BCUT2D eigenvalue weighted by Gasteiger charge is 2.45. The molecule has 1 aliphatic heterocycles. The number of carbonyl (C=O) groups is 1. The van der Waals surface area contributed by atoms with Crippen LogP contribution in [-0.4, -0.2) is 32.1 Å². The molecule has 0 fully saturated rings. The fraction of sp³-hybridized carbons (Fsp3) is 0.259. The SMILES string of the molecule is COc1ncccc1-c1nc2c(n1C(C)C)C(=O)N(c1cc(C)c(=O)n(C)c1)C2c1ccc(Cl)cc1. The minimum absolute atomic E-state index is 0.0715. The Balaban J connectivity index is 1.79. The third kappa shape index (κ3) is 3.69. The predicted molar refractivity (Wildman–Crippen MR) is 139 cm³/mol. The van der Waals surface area contributed by atoms with Gasteiger partial charge in [0.1, 0.15) is 17.6 Å². The number of benzene rings is 1. The first-order chi connectivity index (χ1) is 17.2. The molecule has 4 heterocycles. The van der Waals surface area contributed by atoms with E-state index in [9.17, 15) is 9.59 Å². The van der Waals surface area contributed by atoms with Gasteiger partial charge in [0.15, 0.2) is 0 Å². The van der Waals surface area contributed by atoms with Gasteiger partial charge < -0.3 is 13.9 Å². The first-order valence-electron chi connectivity index (χ1n) is 11.6. The van der Waals surface area contributed by atoms with Gasteiger partial charge in [0.05, 0.1) is 24.1 Å². The quantitative estimate of drug-likeness (QED) is 0.385. The minimum Gasteiger partial charge on any atom is -0.480 e. The number of amides is 1. The topological polar surface area (TPSA) is 82.2 Å². The average molecular weight is 504 g/mol. The molecule has 0 saturated heterocycles. The van der Waals surface area contributed by atoms with Crippen molar-refractivity contribution in [3.8, 4) is 17.3 Å². The van der Waals surface area contributed by atoms with Gasteiger partial charge in [0.25, 0.3) is 11.5 Å². The Morgan fingerprint density at radius 3 is 2.47 bits per heavy atom. The summed E-state index contributed by atoms with van der Waals surface area (Å²) in [6.45, 7) is 5.77. The van der Waals surface area contributed by atoms with Crippen LogP contribution in [0, 0.1) is 6.92 Å². The van der Waals surface area contributed by atoms with Gasteiger partial charge in [-0.25, -0.2) is 9.97 Å². The second-order valence-electron chi connectivity index (χ2n) is 9.12. The summed E-state index contributed by atoms with van der Waals surface area (Å²) in [6.07, 6.45) is 3.34. The zero-order valence-corrected chi connectivity index (χ0v) is 21.4. The third-order valence-electron chi connectivity index (χ3n) is 6.41. The molecule has 1 aliphatic rings. The van der Waals surface area contributed by atoms with Crippen LogP contribution in [0.3, 0.4) is 0 Å². The molecule has 1 atom stereocenters. The largest absolute Gasteiger partial charge is 0.480 e. The number of methoxy groups -OCH3 is 1. The summed E-state index contributed by atoms with van der Waals surface area (Å²) < 4.78 is 8.94. The number of aromatic nitrogens is 4. The molecule has 8 nitrogen and oxygen atoms in total. The molecular formula is C27H26ClN5O3. The van der Waals surface area contributed by atoms with Crippen molar-refractivity contribution in [1.29, 1.82) is 0 Å². The second-order valence-corrected chi connectivity index (χ2v) is 9.56. The van der Waals surface area contributed by atoms with Gasteiger partial charge in [-0.05, 0) is 56.7 Å². The number of carbonyl (C=O) groups excluding carboxylic acids is 1. The number of fused-ring (bicyclic) bond motifs is 1. The lowest BCUT2D eigenvalue weighted by Gasteiger charge is -2.27. The molecule has 1 unspecified atom stereocenters. The number of nitrogens with zero attached hydrogens (tertiary/aromatic N) is 5. The molecular weight excluding hydrogens is 478 g/mol. The Morgan fingerprint density at radius 2 is 1.83 bits per heavy atom. The van der Waals surface area contributed by atoms with E-state index in [-0.39, 0.29) is 17.5 Å². The van der Waals surface area contributed by atoms with Crippen LogP contribution in [0.1, 0.15) is 53.2 Å². The van der Waals surface area contributed by atoms with Crippen LogP contribution in [0.4, 0.5) is 5.69 Å². The zero-order valence-electron chi connectivity index (χ0n) is 20.7. The maximum atomic E-state index is 14.2. The lowest BCUT2D eigenvalue weighted by atomic mass is 10.0. The summed E-state index contributed by atoms with van der Waals surface area (Å²) in [5, 5.41) is 0.598. The molecule has 184 valence electrons. The average Bonchev–Trinajstić information content (AvgIpc) is 3.38. The van der Waals surface area contributed by atoms with Gasteiger partial charge >= 0.3 is 0 Å². The summed E-state index contributed by atoms with van der Waals surface area (Å²) in [4.78, 5) is 37.7. The predicted octanol–water partition coefficient (Wildman–Crippen LogP) is 4.94. The van der Waals surface area contributed by atoms with Crippen molar-refractivity contribution in [1.82, 2.24) is 19.1 Å². The van der Waals surface area contributed by atoms with E-state index in [1.54, 1.807) is 56.6 Å². The van der Waals surface area contributed by atoms with Gasteiger partial charge in [-0.2, -0.15) is 0 Å². The number of anilines is 1. The highest BCUT2D eigenvalue weighted by molar-refractivity contribution is 6.30. The highest BCUT2D eigenvalue weighted by Crippen LogP contribution is 2.44. The molecule has 4 aromatic rings. The van der Waals surface area contributed by atoms with Crippen molar-refractivity contribution in [2.75, 3.05) is 12.0 Å². The molecule has 0 radical (unpaired) electrons. The van der Waals surface area contributed by atoms with Crippen molar-refractivity contribution < 1.29 is 9.53 Å². The van der Waals surface area contributed by atoms with Gasteiger partial charge in [0, 0.05) is 36.1 Å². The maximum absolute atomic E-state index is 14.2. The van der Waals surface area contributed by atoms with E-state index in [1.165, 1.54) is 4.57 Å². The summed E-state index contributed by atoms with van der Waals surface area (Å²) in [6, 6.07) is 12.3. The number of imidazole rings is 1. The highest BCUT2D eigenvalue weighted by atomic mass is 35.5. The summed E-state index contributed by atoms with van der Waals surface area (Å²) in [7, 11) is 3.25. The van der Waals surface area contributed by atoms with E-state index in [4.69, 9.17) is 21.3 Å². The molecule has 5 rings (SSSR count). The number of pyridine rings is 2. The smallest absolute Gasteiger partial charge is 0.277 e. The van der Waals surface area contributed by atoms with Crippen molar-refractivity contribution in [3.05, 3.63) is 92.7 Å². The van der Waals surface area contributed by atoms with Crippen LogP contribution in [0.5, 0.6) is 5.88 Å². The number of rotatable bonds is 5. The maximum Gasteiger partial charge on any atom is 0.277 e. The molecule has 1 amide bonds. The van der Waals surface area contributed by atoms with Gasteiger partial charge in [-0.1, -0.05) is 23.7 Å². The van der Waals surface area contributed by atoms with E-state index >= 15 is 0 Å². The van der Waals surface area contributed by atoms with Crippen molar-refractivity contribution in [2.45, 2.75) is 32.9 Å². The standard InChI is InChI=1S/C27H26ClN5O3/c1-15(2)32-23-21(30-24(32)20-7-6-12-29-25(20)36-5)22(17-8-10-18(28)11-9-17)33(27(23)35)19-13-16(3)26(34)31(4)14-19/h6-15,22H,1-5H3. The van der Waals surface area contributed by atoms with Crippen LogP contribution >= 0.6 is 11.6 Å². The third-order valence-corrected chi connectivity index (χ3v) is 6.66. The normalized spacial score (nSPS) is 15.0. The molecule has 9 heteroatoms. The number of halogens is 1. The van der Waals surface area contributed by atoms with E-state index < -0.39 is 6.04 Å². The Labute approximate surface area is 213 Å². The molecule has 0 bridgehead atoms. The Kier molecular flexibility index (Phi) is 5.92. The summed E-state index contributed by atoms with van der Waals surface area (Å²) in [5.41, 5.74) is 3.75. The van der Waals surface area contributed by atoms with Crippen LogP contribution in [0.2, 0.25) is 5.02 Å². The van der Waals surface area contributed by atoms with Gasteiger partial charge in [0.2, 0.25) is 5.88 Å². The van der Waals surface area contributed by atoms with Crippen LogP contribution in [-0.2, 0) is 7.05 Å². The number of aryl methyl sites for hydroxylation is 2. The molecule has 0 aliphatic carbocycles. The lowest BCUT2D eigenvalue weighted by Crippen LogP contribution is -2.32. The number of hydrogen-bond acceptors (Lipinski definition) is 5. The van der Waals surface area contributed by atoms with E-state index in [0.717, 1.165) is 5.56 Å². The van der Waals surface area contributed by atoms with Gasteiger partial charge in [-0.3, -0.25) is 14.5 Å². The van der Waals surface area contributed by atoms with Crippen molar-refractivity contribution in [3.63, 3.8) is 0 Å². The lowest BCUT2D eigenvalue weighted by molar-refractivity contribution is 0.0984. The fourth-order valence-electron chi connectivity index (χ4n) is 4.83. The molecule has 0 saturated carbocycles. The van der Waals surface area contributed by atoms with Crippen LogP contribution in [0.15, 0.2) is 59.7 Å². The van der Waals surface area contributed by atoms with E-state index in [1.807, 2.05) is 42.7 Å². The molecule has 0 N–H and O–H groups in total. The molecule has 0 spiro atoms. The van der Waals surface area contributed by atoms with Crippen LogP contribution in [0.25, 0.3) is 11.4 Å². The Bertz CT molecular complexity index is 1510. The van der Waals surface area contributed by atoms with E-state index in [2.05, 4.69) is 4.98 Å². The first-order valence-corrected chi connectivity index (χ1v) is 12.0. The summed E-state index contributed by atoms with van der Waals surface area (Å²) >= 11 is 6.18. The Morgan fingerprint density at radius 1 is 1.11 bits per heavy atom. The Hall–Kier alpha value is -3.91. The number of ether oxygens (including phenoxy) is 1. The van der Waals surface area contributed by atoms with Crippen molar-refractivity contribution in [2.24, 2.45) is 7.05 Å². The zero-order chi connectivity index (χ0) is 25.7. The van der Waals surface area contributed by atoms with Crippen molar-refractivity contribution >= 4 is 23.2 Å². The monoisotopic (exact) mass is 503 g/mol. The molecule has 1 aromatic carbocycles. The second kappa shape index (κ2) is 8.95.